The van der Waals surface area contributed by atoms with Gasteiger partial charge >= 0.3 is 0 Å². The molecule has 0 aromatic heterocycles. The van der Waals surface area contributed by atoms with Gasteiger partial charge in [-0.25, -0.2) is 13.1 Å². The zero-order chi connectivity index (χ0) is 13.1. The van der Waals surface area contributed by atoms with Gasteiger partial charge in [-0.05, 0) is 39.8 Å². The molecule has 5 heteroatoms. The molecule has 1 aromatic carbocycles. The number of rotatable bonds is 4. The molecular formula is C12H19NO3S. The lowest BCUT2D eigenvalue weighted by Gasteiger charge is -2.20. The van der Waals surface area contributed by atoms with Gasteiger partial charge in [-0.2, -0.15) is 0 Å². The van der Waals surface area contributed by atoms with Gasteiger partial charge in [0.25, 0.3) is 0 Å². The average molecular weight is 257 g/mol. The monoisotopic (exact) mass is 257 g/mol. The lowest BCUT2D eigenvalue weighted by atomic mass is 10.1. The molecule has 0 saturated carbocycles. The van der Waals surface area contributed by atoms with Crippen molar-refractivity contribution in [3.63, 3.8) is 0 Å². The summed E-state index contributed by atoms with van der Waals surface area (Å²) in [5.74, 6) is 0.560. The second-order valence-corrected chi connectivity index (χ2v) is 6.45. The van der Waals surface area contributed by atoms with Gasteiger partial charge in [0.05, 0.1) is 11.5 Å². The predicted molar refractivity (Wildman–Crippen MR) is 67.7 cm³/mol. The molecule has 0 spiro atoms. The molecule has 17 heavy (non-hydrogen) atoms. The van der Waals surface area contributed by atoms with Gasteiger partial charge in [0, 0.05) is 11.6 Å². The highest BCUT2D eigenvalue weighted by molar-refractivity contribution is 7.89. The van der Waals surface area contributed by atoms with Crippen LogP contribution >= 0.6 is 0 Å². The number of ether oxygens (including phenoxy) is 1. The lowest BCUT2D eigenvalue weighted by Crippen LogP contribution is -2.40. The van der Waals surface area contributed by atoms with Crippen LogP contribution in [0, 0.1) is 0 Å². The van der Waals surface area contributed by atoms with Crippen LogP contribution in [-0.2, 0) is 10.0 Å². The van der Waals surface area contributed by atoms with Gasteiger partial charge in [-0.1, -0.05) is 6.07 Å². The fourth-order valence-corrected chi connectivity index (χ4v) is 2.81. The molecule has 0 aliphatic carbocycles. The summed E-state index contributed by atoms with van der Waals surface area (Å²) in [7, 11) is -3.49. The normalized spacial score (nSPS) is 12.5. The summed E-state index contributed by atoms with van der Waals surface area (Å²) < 4.78 is 32.0. The summed E-state index contributed by atoms with van der Waals surface area (Å²) in [6.07, 6.45) is 0. The van der Waals surface area contributed by atoms with Gasteiger partial charge in [-0.15, -0.1) is 0 Å². The summed E-state index contributed by atoms with van der Waals surface area (Å²) >= 11 is 0. The standard InChI is InChI=1S/C12H19NO3S/c1-5-16-10-7-6-8-11(9-10)17(14,15)13-12(2,3)4/h6-9,13H,5H2,1-4H3. The topological polar surface area (TPSA) is 55.4 Å². The molecule has 0 bridgehead atoms. The van der Waals surface area contributed by atoms with Crippen molar-refractivity contribution in [3.8, 4) is 5.75 Å². The first kappa shape index (κ1) is 14.0. The maximum Gasteiger partial charge on any atom is 0.241 e. The van der Waals surface area contributed by atoms with Crippen LogP contribution in [0.3, 0.4) is 0 Å². The van der Waals surface area contributed by atoms with Gasteiger partial charge in [0.1, 0.15) is 5.75 Å². The van der Waals surface area contributed by atoms with Crippen LogP contribution < -0.4 is 9.46 Å². The average Bonchev–Trinajstić information content (AvgIpc) is 2.15. The molecule has 0 aliphatic rings. The van der Waals surface area contributed by atoms with Gasteiger partial charge in [0.15, 0.2) is 0 Å². The maximum atomic E-state index is 12.0. The molecule has 0 aliphatic heterocycles. The molecule has 4 nitrogen and oxygen atoms in total. The van der Waals surface area contributed by atoms with Crippen molar-refractivity contribution in [1.82, 2.24) is 4.72 Å². The summed E-state index contributed by atoms with van der Waals surface area (Å²) in [5.41, 5.74) is -0.500. The van der Waals surface area contributed by atoms with E-state index < -0.39 is 15.6 Å². The molecule has 0 atom stereocenters. The van der Waals surface area contributed by atoms with Gasteiger partial charge in [-0.3, -0.25) is 0 Å². The Morgan fingerprint density at radius 1 is 1.29 bits per heavy atom. The molecule has 0 unspecified atom stereocenters. The van der Waals surface area contributed by atoms with E-state index in [2.05, 4.69) is 4.72 Å². The van der Waals surface area contributed by atoms with E-state index in [4.69, 9.17) is 4.74 Å². The van der Waals surface area contributed by atoms with Crippen LogP contribution in [0.5, 0.6) is 5.75 Å². The van der Waals surface area contributed by atoms with Crippen molar-refractivity contribution < 1.29 is 13.2 Å². The fourth-order valence-electron chi connectivity index (χ4n) is 1.36. The summed E-state index contributed by atoms with van der Waals surface area (Å²) in [6.45, 7) is 7.77. The molecule has 0 saturated heterocycles. The molecule has 1 rings (SSSR count). The van der Waals surface area contributed by atoms with Crippen molar-refractivity contribution in [1.29, 1.82) is 0 Å². The van der Waals surface area contributed by atoms with E-state index in [0.717, 1.165) is 0 Å². The Bertz CT molecular complexity index is 475. The molecule has 96 valence electrons. The fraction of sp³-hybridized carbons (Fsp3) is 0.500. The van der Waals surface area contributed by atoms with Crippen molar-refractivity contribution in [2.75, 3.05) is 6.61 Å². The minimum Gasteiger partial charge on any atom is -0.494 e. The minimum atomic E-state index is -3.49. The van der Waals surface area contributed by atoms with Crippen LogP contribution in [0.4, 0.5) is 0 Å². The van der Waals surface area contributed by atoms with Crippen molar-refractivity contribution >= 4 is 10.0 Å². The van der Waals surface area contributed by atoms with E-state index in [0.29, 0.717) is 12.4 Å². The van der Waals surface area contributed by atoms with Gasteiger partial charge in [0.2, 0.25) is 10.0 Å². The van der Waals surface area contributed by atoms with Crippen LogP contribution in [0.15, 0.2) is 29.2 Å². The molecule has 1 N–H and O–H groups in total. The zero-order valence-electron chi connectivity index (χ0n) is 10.6. The van der Waals surface area contributed by atoms with E-state index >= 15 is 0 Å². The highest BCUT2D eigenvalue weighted by atomic mass is 32.2. The molecular weight excluding hydrogens is 238 g/mol. The first-order chi connectivity index (χ1) is 7.74. The largest absolute Gasteiger partial charge is 0.494 e. The quantitative estimate of drug-likeness (QED) is 0.899. The smallest absolute Gasteiger partial charge is 0.241 e. The third-order valence-electron chi connectivity index (χ3n) is 1.87. The summed E-state index contributed by atoms with van der Waals surface area (Å²) in [4.78, 5) is 0.221. The summed E-state index contributed by atoms with van der Waals surface area (Å²) in [6, 6.07) is 6.48. The molecule has 0 heterocycles. The Balaban J connectivity index is 3.03. The van der Waals surface area contributed by atoms with E-state index in [-0.39, 0.29) is 4.90 Å². The number of nitrogens with one attached hydrogen (secondary N) is 1. The third kappa shape index (κ3) is 4.36. The van der Waals surface area contributed by atoms with Crippen molar-refractivity contribution in [2.24, 2.45) is 0 Å². The van der Waals surface area contributed by atoms with E-state index in [9.17, 15) is 8.42 Å². The van der Waals surface area contributed by atoms with Crippen LogP contribution in [-0.4, -0.2) is 20.6 Å². The molecule has 0 radical (unpaired) electrons. The molecule has 0 fully saturated rings. The number of hydrogen-bond donors (Lipinski definition) is 1. The maximum absolute atomic E-state index is 12.0. The second-order valence-electron chi connectivity index (χ2n) is 4.76. The lowest BCUT2D eigenvalue weighted by molar-refractivity contribution is 0.339. The highest BCUT2D eigenvalue weighted by Gasteiger charge is 2.22. The van der Waals surface area contributed by atoms with Crippen LogP contribution in [0.1, 0.15) is 27.7 Å². The number of benzene rings is 1. The third-order valence-corrected chi connectivity index (χ3v) is 3.62. The van der Waals surface area contributed by atoms with Gasteiger partial charge < -0.3 is 4.74 Å². The summed E-state index contributed by atoms with van der Waals surface area (Å²) in [5, 5.41) is 0. The Labute approximate surface area is 103 Å². The number of hydrogen-bond acceptors (Lipinski definition) is 3. The Morgan fingerprint density at radius 3 is 2.47 bits per heavy atom. The Kier molecular flexibility index (Phi) is 4.16. The van der Waals surface area contributed by atoms with E-state index in [1.54, 1.807) is 39.0 Å². The Hall–Kier alpha value is -1.07. The first-order valence-corrected chi connectivity index (χ1v) is 7.00. The Morgan fingerprint density at radius 2 is 1.94 bits per heavy atom. The van der Waals surface area contributed by atoms with Crippen molar-refractivity contribution in [2.45, 2.75) is 38.1 Å². The highest BCUT2D eigenvalue weighted by Crippen LogP contribution is 2.18. The van der Waals surface area contributed by atoms with E-state index in [1.807, 2.05) is 6.92 Å². The van der Waals surface area contributed by atoms with Crippen LogP contribution in [0.25, 0.3) is 0 Å². The second kappa shape index (κ2) is 5.06. The van der Waals surface area contributed by atoms with Crippen molar-refractivity contribution in [3.05, 3.63) is 24.3 Å². The SMILES string of the molecule is CCOc1cccc(S(=O)(=O)NC(C)(C)C)c1. The van der Waals surface area contributed by atoms with Crippen LogP contribution in [0.2, 0.25) is 0 Å². The number of sulfonamides is 1. The predicted octanol–water partition coefficient (Wildman–Crippen LogP) is 2.16. The first-order valence-electron chi connectivity index (χ1n) is 5.51. The zero-order valence-corrected chi connectivity index (χ0v) is 11.5. The van der Waals surface area contributed by atoms with E-state index in [1.165, 1.54) is 6.07 Å². The minimum absolute atomic E-state index is 0.221. The molecule has 0 amide bonds. The molecule has 1 aromatic rings.